The van der Waals surface area contributed by atoms with Crippen molar-refractivity contribution in [1.82, 2.24) is 0 Å². The highest BCUT2D eigenvalue weighted by molar-refractivity contribution is 5.38. The highest BCUT2D eigenvalue weighted by Crippen LogP contribution is 2.58. The lowest BCUT2D eigenvalue weighted by molar-refractivity contribution is 0.0302. The zero-order valence-corrected chi connectivity index (χ0v) is 15.0. The van der Waals surface area contributed by atoms with E-state index >= 15 is 0 Å². The third-order valence-corrected chi connectivity index (χ3v) is 6.88. The molecule has 3 saturated carbocycles. The number of aliphatic hydroxyl groups is 3. The van der Waals surface area contributed by atoms with Crippen LogP contribution in [0, 0.1) is 17.3 Å². The predicted molar refractivity (Wildman–Crippen MR) is 96.4 cm³/mol. The number of fused-ring (bicyclic) bond motifs is 1. The Morgan fingerprint density at radius 3 is 2.71 bits per heavy atom. The van der Waals surface area contributed by atoms with Gasteiger partial charge in [0.2, 0.25) is 0 Å². The molecule has 0 heterocycles. The van der Waals surface area contributed by atoms with Crippen LogP contribution in [0.5, 0.6) is 0 Å². The number of rotatable bonds is 2. The standard InChI is InChI=1S/C21H32O3/c1-13-16(11-17(23)12-20(13)24)7-6-15-5-4-10-21(3)18(14(2)22)8-9-19(15)21/h6-7,14,17-20,22-24H,1,4-5,8-12H2,2-3H3/b15-6+,16-7-/t14?,17-,18-,19+,20+,21-/m1/s1. The van der Waals surface area contributed by atoms with E-state index in [0.29, 0.717) is 24.7 Å². The van der Waals surface area contributed by atoms with Crippen molar-refractivity contribution in [3.05, 3.63) is 35.5 Å². The first-order valence-electron chi connectivity index (χ1n) is 9.46. The van der Waals surface area contributed by atoms with E-state index in [1.807, 2.05) is 6.92 Å². The number of aliphatic hydroxyl groups excluding tert-OH is 3. The van der Waals surface area contributed by atoms with E-state index in [1.54, 1.807) is 0 Å². The first-order chi connectivity index (χ1) is 11.3. The third kappa shape index (κ3) is 3.14. The quantitative estimate of drug-likeness (QED) is 0.725. The molecule has 3 nitrogen and oxygen atoms in total. The van der Waals surface area contributed by atoms with Gasteiger partial charge in [0, 0.05) is 6.42 Å². The van der Waals surface area contributed by atoms with Gasteiger partial charge in [0.25, 0.3) is 0 Å². The van der Waals surface area contributed by atoms with Crippen LogP contribution in [0.1, 0.15) is 58.8 Å². The molecule has 0 bridgehead atoms. The maximum atomic E-state index is 10.2. The van der Waals surface area contributed by atoms with E-state index < -0.39 is 12.2 Å². The second-order valence-corrected chi connectivity index (χ2v) is 8.40. The number of hydrogen-bond acceptors (Lipinski definition) is 3. The summed E-state index contributed by atoms with van der Waals surface area (Å²) in [5.74, 6) is 0.946. The fourth-order valence-electron chi connectivity index (χ4n) is 5.54. The first-order valence-corrected chi connectivity index (χ1v) is 9.46. The van der Waals surface area contributed by atoms with E-state index in [4.69, 9.17) is 0 Å². The zero-order valence-electron chi connectivity index (χ0n) is 15.0. The summed E-state index contributed by atoms with van der Waals surface area (Å²) in [5.41, 5.74) is 3.41. The van der Waals surface area contributed by atoms with Gasteiger partial charge in [0.1, 0.15) is 0 Å². The van der Waals surface area contributed by atoms with Gasteiger partial charge >= 0.3 is 0 Å². The molecular formula is C21H32O3. The van der Waals surface area contributed by atoms with Crippen molar-refractivity contribution in [1.29, 1.82) is 0 Å². The molecule has 0 amide bonds. The Bertz CT molecular complexity index is 559. The fourth-order valence-corrected chi connectivity index (χ4v) is 5.54. The normalized spacial score (nSPS) is 44.8. The van der Waals surface area contributed by atoms with Crippen LogP contribution >= 0.6 is 0 Å². The van der Waals surface area contributed by atoms with Gasteiger partial charge in [-0.3, -0.25) is 0 Å². The van der Waals surface area contributed by atoms with Crippen LogP contribution in [0.3, 0.4) is 0 Å². The van der Waals surface area contributed by atoms with Crippen molar-refractivity contribution in [3.8, 4) is 0 Å². The third-order valence-electron chi connectivity index (χ3n) is 6.88. The molecular weight excluding hydrogens is 300 g/mol. The van der Waals surface area contributed by atoms with Crippen molar-refractivity contribution < 1.29 is 15.3 Å². The lowest BCUT2D eigenvalue weighted by Crippen LogP contribution is -2.37. The minimum absolute atomic E-state index is 0.208. The second kappa shape index (κ2) is 6.78. The molecule has 0 aromatic carbocycles. The lowest BCUT2D eigenvalue weighted by atomic mass is 9.62. The lowest BCUT2D eigenvalue weighted by Gasteiger charge is -2.43. The minimum atomic E-state index is -0.624. The maximum Gasteiger partial charge on any atom is 0.0811 e. The van der Waals surface area contributed by atoms with Crippen LogP contribution in [0.2, 0.25) is 0 Å². The predicted octanol–water partition coefficient (Wildman–Crippen LogP) is 3.51. The van der Waals surface area contributed by atoms with Gasteiger partial charge in [-0.15, -0.1) is 0 Å². The summed E-state index contributed by atoms with van der Waals surface area (Å²) in [4.78, 5) is 0. The van der Waals surface area contributed by atoms with Gasteiger partial charge in [-0.1, -0.05) is 31.2 Å². The molecule has 0 radical (unpaired) electrons. The van der Waals surface area contributed by atoms with Crippen molar-refractivity contribution in [3.63, 3.8) is 0 Å². The van der Waals surface area contributed by atoms with Gasteiger partial charge in [0.05, 0.1) is 18.3 Å². The second-order valence-electron chi connectivity index (χ2n) is 8.40. The summed E-state index contributed by atoms with van der Waals surface area (Å²) in [6, 6.07) is 0. The zero-order chi connectivity index (χ0) is 17.5. The number of allylic oxidation sites excluding steroid dienone is 3. The summed E-state index contributed by atoms with van der Waals surface area (Å²) in [7, 11) is 0. The molecule has 1 unspecified atom stereocenters. The Morgan fingerprint density at radius 1 is 1.25 bits per heavy atom. The number of hydrogen-bond donors (Lipinski definition) is 3. The highest BCUT2D eigenvalue weighted by Gasteiger charge is 2.50. The molecule has 3 aliphatic carbocycles. The van der Waals surface area contributed by atoms with E-state index in [1.165, 1.54) is 18.4 Å². The molecule has 0 aromatic heterocycles. The molecule has 24 heavy (non-hydrogen) atoms. The van der Waals surface area contributed by atoms with E-state index in [9.17, 15) is 15.3 Å². The molecule has 3 fully saturated rings. The Morgan fingerprint density at radius 2 is 2.00 bits per heavy atom. The Kier molecular flexibility index (Phi) is 5.06. The molecule has 0 aromatic rings. The van der Waals surface area contributed by atoms with Gasteiger partial charge < -0.3 is 15.3 Å². The summed E-state index contributed by atoms with van der Waals surface area (Å²) in [6.45, 7) is 8.29. The molecule has 0 saturated heterocycles. The highest BCUT2D eigenvalue weighted by atomic mass is 16.3. The Balaban J connectivity index is 1.83. The van der Waals surface area contributed by atoms with E-state index in [-0.39, 0.29) is 11.5 Å². The molecule has 6 atom stereocenters. The molecule has 3 heteroatoms. The van der Waals surface area contributed by atoms with Gasteiger partial charge in [-0.25, -0.2) is 0 Å². The Hall–Kier alpha value is -0.900. The molecule has 3 N–H and O–H groups in total. The first kappa shape index (κ1) is 17.9. The summed E-state index contributed by atoms with van der Waals surface area (Å²) in [5, 5.41) is 30.1. The van der Waals surface area contributed by atoms with Gasteiger partial charge in [0.15, 0.2) is 0 Å². The topological polar surface area (TPSA) is 60.7 Å². The molecule has 134 valence electrons. The van der Waals surface area contributed by atoms with E-state index in [2.05, 4.69) is 25.7 Å². The van der Waals surface area contributed by atoms with Crippen molar-refractivity contribution in [2.24, 2.45) is 17.3 Å². The minimum Gasteiger partial charge on any atom is -0.393 e. The largest absolute Gasteiger partial charge is 0.393 e. The van der Waals surface area contributed by atoms with Crippen LogP contribution in [0.15, 0.2) is 35.5 Å². The summed E-state index contributed by atoms with van der Waals surface area (Å²) < 4.78 is 0. The fraction of sp³-hybridized carbons (Fsp3) is 0.714. The average Bonchev–Trinajstić information content (AvgIpc) is 2.87. The Labute approximate surface area is 145 Å². The molecule has 3 aliphatic rings. The van der Waals surface area contributed by atoms with Crippen LogP contribution in [-0.4, -0.2) is 33.6 Å². The molecule has 0 aliphatic heterocycles. The van der Waals surface area contributed by atoms with Crippen LogP contribution in [0.25, 0.3) is 0 Å². The molecule has 3 rings (SSSR count). The van der Waals surface area contributed by atoms with Crippen molar-refractivity contribution >= 4 is 0 Å². The van der Waals surface area contributed by atoms with Crippen molar-refractivity contribution in [2.45, 2.75) is 77.1 Å². The van der Waals surface area contributed by atoms with Crippen molar-refractivity contribution in [2.75, 3.05) is 0 Å². The average molecular weight is 332 g/mol. The monoisotopic (exact) mass is 332 g/mol. The SMILES string of the molecule is C=C1/C(=C\C=C2/CCC[C@]3(C)[C@@H](C(C)O)CC[C@@H]23)C[C@@H](O)C[C@@H]1O. The van der Waals surface area contributed by atoms with Crippen LogP contribution in [0.4, 0.5) is 0 Å². The summed E-state index contributed by atoms with van der Waals surface area (Å²) >= 11 is 0. The van der Waals surface area contributed by atoms with Crippen LogP contribution < -0.4 is 0 Å². The van der Waals surface area contributed by atoms with Gasteiger partial charge in [-0.05, 0) is 73.8 Å². The smallest absolute Gasteiger partial charge is 0.0811 e. The summed E-state index contributed by atoms with van der Waals surface area (Å²) in [6.07, 6.45) is 9.70. The van der Waals surface area contributed by atoms with Crippen LogP contribution in [-0.2, 0) is 0 Å². The van der Waals surface area contributed by atoms with Gasteiger partial charge in [-0.2, -0.15) is 0 Å². The van der Waals surface area contributed by atoms with E-state index in [0.717, 1.165) is 30.4 Å². The maximum absolute atomic E-state index is 10.2. The molecule has 0 spiro atoms.